The molecule has 0 saturated heterocycles. The minimum Gasteiger partial charge on any atom is -0.205 e. The molecule has 0 N–H and O–H groups in total. The Labute approximate surface area is 114 Å². The Hall–Kier alpha value is -1.12. The third kappa shape index (κ3) is 2.50. The lowest BCUT2D eigenvalue weighted by Gasteiger charge is -2.14. The maximum atomic E-state index is 13.9. The van der Waals surface area contributed by atoms with Gasteiger partial charge in [0.1, 0.15) is 11.6 Å². The average Bonchev–Trinajstić information content (AvgIpc) is 2.35. The maximum Gasteiger partial charge on any atom is 0.145 e. The molecule has 0 aliphatic heterocycles. The summed E-state index contributed by atoms with van der Waals surface area (Å²) in [5, 5.41) is 0.106. The van der Waals surface area contributed by atoms with Crippen LogP contribution in [0.4, 0.5) is 8.78 Å². The van der Waals surface area contributed by atoms with Crippen LogP contribution < -0.4 is 0 Å². The van der Waals surface area contributed by atoms with Crippen molar-refractivity contribution in [3.8, 4) is 0 Å². The Morgan fingerprint density at radius 3 is 2.39 bits per heavy atom. The third-order valence-corrected chi connectivity index (χ3v) is 3.47. The van der Waals surface area contributed by atoms with Crippen LogP contribution in [0.3, 0.4) is 0 Å². The Kier molecular flexibility index (Phi) is 3.88. The second-order valence-corrected chi connectivity index (χ2v) is 4.85. The topological polar surface area (TPSA) is 0 Å². The van der Waals surface area contributed by atoms with Gasteiger partial charge in [0.05, 0.1) is 10.0 Å². The SMILES string of the molecule is CC(c1ccc(F)c(Cl)c1)c1cccc(Cl)c1F. The highest BCUT2D eigenvalue weighted by Gasteiger charge is 2.16. The Bertz CT molecular complexity index is 582. The van der Waals surface area contributed by atoms with Crippen LogP contribution in [0.2, 0.25) is 10.0 Å². The summed E-state index contributed by atoms with van der Waals surface area (Å²) in [6.07, 6.45) is 0. The van der Waals surface area contributed by atoms with Gasteiger partial charge in [-0.1, -0.05) is 48.3 Å². The molecule has 0 nitrogen and oxygen atoms in total. The average molecular weight is 287 g/mol. The summed E-state index contributed by atoms with van der Waals surface area (Å²) in [4.78, 5) is 0. The molecule has 2 aromatic carbocycles. The Morgan fingerprint density at radius 2 is 1.72 bits per heavy atom. The van der Waals surface area contributed by atoms with Gasteiger partial charge in [0.15, 0.2) is 0 Å². The van der Waals surface area contributed by atoms with Gasteiger partial charge in [0.25, 0.3) is 0 Å². The van der Waals surface area contributed by atoms with Gasteiger partial charge in [-0.15, -0.1) is 0 Å². The molecule has 0 fully saturated rings. The van der Waals surface area contributed by atoms with Crippen molar-refractivity contribution in [1.29, 1.82) is 0 Å². The molecule has 2 aromatic rings. The second kappa shape index (κ2) is 5.25. The van der Waals surface area contributed by atoms with E-state index < -0.39 is 11.6 Å². The van der Waals surface area contributed by atoms with E-state index in [1.54, 1.807) is 18.2 Å². The molecule has 94 valence electrons. The van der Waals surface area contributed by atoms with Gasteiger partial charge in [0, 0.05) is 5.92 Å². The zero-order valence-electron chi connectivity index (χ0n) is 9.55. The van der Waals surface area contributed by atoms with Crippen molar-refractivity contribution in [2.45, 2.75) is 12.8 Å². The molecular formula is C14H10Cl2F2. The first-order valence-electron chi connectivity index (χ1n) is 5.39. The minimum atomic E-state index is -0.487. The number of hydrogen-bond donors (Lipinski definition) is 0. The molecule has 0 heterocycles. The Morgan fingerprint density at radius 1 is 1.00 bits per heavy atom. The zero-order chi connectivity index (χ0) is 13.3. The number of hydrogen-bond acceptors (Lipinski definition) is 0. The molecule has 1 unspecified atom stereocenters. The smallest absolute Gasteiger partial charge is 0.145 e. The van der Waals surface area contributed by atoms with E-state index in [-0.39, 0.29) is 16.0 Å². The van der Waals surface area contributed by atoms with E-state index in [1.807, 2.05) is 6.92 Å². The number of benzene rings is 2. The van der Waals surface area contributed by atoms with Crippen molar-refractivity contribution < 1.29 is 8.78 Å². The van der Waals surface area contributed by atoms with E-state index >= 15 is 0 Å². The first kappa shape index (κ1) is 13.3. The molecule has 0 bridgehead atoms. The predicted molar refractivity (Wildman–Crippen MR) is 70.3 cm³/mol. The molecule has 1 atom stereocenters. The minimum absolute atomic E-state index is 0.0294. The lowest BCUT2D eigenvalue weighted by atomic mass is 9.93. The lowest BCUT2D eigenvalue weighted by Crippen LogP contribution is -2.00. The summed E-state index contributed by atoms with van der Waals surface area (Å²) < 4.78 is 27.0. The zero-order valence-corrected chi connectivity index (χ0v) is 11.1. The Balaban J connectivity index is 2.44. The van der Waals surface area contributed by atoms with E-state index in [9.17, 15) is 8.78 Å². The van der Waals surface area contributed by atoms with Crippen molar-refractivity contribution in [2.75, 3.05) is 0 Å². The standard InChI is InChI=1S/C14H10Cl2F2/c1-8(9-5-6-13(17)12(16)7-9)10-3-2-4-11(15)14(10)18/h2-8H,1H3. The highest BCUT2D eigenvalue weighted by atomic mass is 35.5. The lowest BCUT2D eigenvalue weighted by molar-refractivity contribution is 0.602. The fraction of sp³-hybridized carbons (Fsp3) is 0.143. The van der Waals surface area contributed by atoms with E-state index in [1.165, 1.54) is 18.2 Å². The van der Waals surface area contributed by atoms with E-state index in [2.05, 4.69) is 0 Å². The van der Waals surface area contributed by atoms with Crippen molar-refractivity contribution in [3.63, 3.8) is 0 Å². The van der Waals surface area contributed by atoms with Crippen LogP contribution >= 0.6 is 23.2 Å². The molecule has 0 aliphatic rings. The van der Waals surface area contributed by atoms with Gasteiger partial charge in [-0.25, -0.2) is 8.78 Å². The van der Waals surface area contributed by atoms with Crippen LogP contribution in [0.1, 0.15) is 24.0 Å². The molecule has 18 heavy (non-hydrogen) atoms. The molecule has 0 saturated carbocycles. The molecule has 2 rings (SSSR count). The summed E-state index contributed by atoms with van der Waals surface area (Å²) >= 11 is 11.5. The summed E-state index contributed by atoms with van der Waals surface area (Å²) in [5.41, 5.74) is 1.20. The molecule has 4 heteroatoms. The van der Waals surface area contributed by atoms with E-state index in [0.29, 0.717) is 5.56 Å². The quantitative estimate of drug-likeness (QED) is 0.691. The monoisotopic (exact) mass is 286 g/mol. The van der Waals surface area contributed by atoms with Gasteiger partial charge >= 0.3 is 0 Å². The predicted octanol–water partition coefficient (Wildman–Crippen LogP) is 5.42. The first-order valence-corrected chi connectivity index (χ1v) is 6.15. The normalized spacial score (nSPS) is 12.5. The largest absolute Gasteiger partial charge is 0.205 e. The van der Waals surface area contributed by atoms with Crippen LogP contribution in [-0.2, 0) is 0 Å². The molecular weight excluding hydrogens is 277 g/mol. The van der Waals surface area contributed by atoms with Crippen LogP contribution in [0.15, 0.2) is 36.4 Å². The third-order valence-electron chi connectivity index (χ3n) is 2.89. The van der Waals surface area contributed by atoms with Gasteiger partial charge in [-0.2, -0.15) is 0 Å². The molecule has 0 aliphatic carbocycles. The number of halogens is 4. The first-order chi connectivity index (χ1) is 8.50. The molecule has 0 amide bonds. The molecule has 0 aromatic heterocycles. The van der Waals surface area contributed by atoms with E-state index in [0.717, 1.165) is 5.56 Å². The van der Waals surface area contributed by atoms with Crippen LogP contribution in [-0.4, -0.2) is 0 Å². The van der Waals surface area contributed by atoms with Crippen LogP contribution in [0.5, 0.6) is 0 Å². The summed E-state index contributed by atoms with van der Waals surface area (Å²) in [6.45, 7) is 1.82. The highest BCUT2D eigenvalue weighted by molar-refractivity contribution is 6.31. The second-order valence-electron chi connectivity index (χ2n) is 4.04. The summed E-state index contributed by atoms with van der Waals surface area (Å²) in [5.74, 6) is -1.19. The van der Waals surface area contributed by atoms with Gasteiger partial charge < -0.3 is 0 Å². The highest BCUT2D eigenvalue weighted by Crippen LogP contribution is 2.31. The molecule has 0 radical (unpaired) electrons. The maximum absolute atomic E-state index is 13.9. The fourth-order valence-corrected chi connectivity index (χ4v) is 2.19. The van der Waals surface area contributed by atoms with Crippen LogP contribution in [0.25, 0.3) is 0 Å². The number of rotatable bonds is 2. The molecule has 0 spiro atoms. The summed E-state index contributed by atoms with van der Waals surface area (Å²) in [7, 11) is 0. The van der Waals surface area contributed by atoms with Crippen molar-refractivity contribution >= 4 is 23.2 Å². The van der Waals surface area contributed by atoms with Crippen molar-refractivity contribution in [2.24, 2.45) is 0 Å². The van der Waals surface area contributed by atoms with Gasteiger partial charge in [-0.05, 0) is 29.3 Å². The van der Waals surface area contributed by atoms with Crippen molar-refractivity contribution in [3.05, 3.63) is 69.2 Å². The van der Waals surface area contributed by atoms with E-state index in [4.69, 9.17) is 23.2 Å². The van der Waals surface area contributed by atoms with Crippen molar-refractivity contribution in [1.82, 2.24) is 0 Å². The summed E-state index contributed by atoms with van der Waals surface area (Å²) in [6, 6.07) is 9.20. The fourth-order valence-electron chi connectivity index (χ4n) is 1.82. The van der Waals surface area contributed by atoms with Gasteiger partial charge in [-0.3, -0.25) is 0 Å². The van der Waals surface area contributed by atoms with Crippen LogP contribution in [0, 0.1) is 11.6 Å². The van der Waals surface area contributed by atoms with Gasteiger partial charge in [0.2, 0.25) is 0 Å².